The van der Waals surface area contributed by atoms with Gasteiger partial charge in [0.15, 0.2) is 5.96 Å². The van der Waals surface area contributed by atoms with Gasteiger partial charge < -0.3 is 10.2 Å². The van der Waals surface area contributed by atoms with Crippen LogP contribution in [0.15, 0.2) is 4.99 Å². The summed E-state index contributed by atoms with van der Waals surface area (Å²) in [5, 5.41) is 3.58. The highest BCUT2D eigenvalue weighted by molar-refractivity contribution is 14.0. The van der Waals surface area contributed by atoms with Crippen molar-refractivity contribution in [2.75, 3.05) is 33.7 Å². The summed E-state index contributed by atoms with van der Waals surface area (Å²) >= 11 is 0. The third-order valence-electron chi connectivity index (χ3n) is 4.75. The normalized spacial score (nSPS) is 28.3. The topological polar surface area (TPSA) is 30.9 Å². The van der Waals surface area contributed by atoms with E-state index in [1.165, 1.54) is 19.3 Å². The van der Waals surface area contributed by atoms with E-state index in [1.807, 2.05) is 7.05 Å². The van der Waals surface area contributed by atoms with Crippen molar-refractivity contribution in [1.29, 1.82) is 0 Å². The molecule has 21 heavy (non-hydrogen) atoms. The quantitative estimate of drug-likeness (QED) is 0.441. The van der Waals surface area contributed by atoms with Crippen LogP contribution >= 0.6 is 24.0 Å². The number of aliphatic imine (C=N–C) groups is 1. The van der Waals surface area contributed by atoms with Crippen LogP contribution in [0.25, 0.3) is 0 Å². The van der Waals surface area contributed by atoms with Gasteiger partial charge in [-0.2, -0.15) is 0 Å². The van der Waals surface area contributed by atoms with E-state index < -0.39 is 0 Å². The minimum atomic E-state index is 0. The second kappa shape index (κ2) is 8.56. The number of rotatable bonds is 4. The summed E-state index contributed by atoms with van der Waals surface area (Å²) in [7, 11) is 4.15. The summed E-state index contributed by atoms with van der Waals surface area (Å²) in [6.07, 6.45) is 4.09. The Morgan fingerprint density at radius 1 is 1.29 bits per heavy atom. The fourth-order valence-electron chi connectivity index (χ4n) is 3.39. The van der Waals surface area contributed by atoms with Crippen LogP contribution in [0.4, 0.5) is 0 Å². The van der Waals surface area contributed by atoms with Gasteiger partial charge in [0.2, 0.25) is 0 Å². The van der Waals surface area contributed by atoms with Crippen LogP contribution in [0, 0.1) is 11.8 Å². The van der Waals surface area contributed by atoms with Crippen LogP contribution < -0.4 is 5.32 Å². The van der Waals surface area contributed by atoms with Gasteiger partial charge >= 0.3 is 0 Å². The molecule has 0 aromatic heterocycles. The maximum absolute atomic E-state index is 4.49. The SMILES string of the molecule is CN=C(NCC(C)N(C)C1CC1)N1CC(C)CC(C)C1.I. The average Bonchev–Trinajstić information content (AvgIpc) is 3.21. The Bertz CT molecular complexity index is 333. The zero-order valence-corrected chi connectivity index (χ0v) is 16.6. The van der Waals surface area contributed by atoms with Crippen molar-refractivity contribution in [2.24, 2.45) is 16.8 Å². The molecule has 1 saturated carbocycles. The Morgan fingerprint density at radius 2 is 1.86 bits per heavy atom. The highest BCUT2D eigenvalue weighted by atomic mass is 127. The van der Waals surface area contributed by atoms with Gasteiger partial charge in [0, 0.05) is 38.8 Å². The molecule has 0 aromatic rings. The number of nitrogens with one attached hydrogen (secondary N) is 1. The molecule has 3 unspecified atom stereocenters. The number of likely N-dealkylation sites (tertiary alicyclic amines) is 1. The summed E-state index contributed by atoms with van der Waals surface area (Å²) in [5.41, 5.74) is 0. The summed E-state index contributed by atoms with van der Waals surface area (Å²) in [6, 6.07) is 1.39. The zero-order chi connectivity index (χ0) is 14.7. The number of nitrogens with zero attached hydrogens (tertiary/aromatic N) is 3. The first-order valence-electron chi connectivity index (χ1n) is 8.18. The van der Waals surface area contributed by atoms with Crippen LogP contribution in [0.2, 0.25) is 0 Å². The van der Waals surface area contributed by atoms with E-state index in [0.717, 1.165) is 43.5 Å². The van der Waals surface area contributed by atoms with E-state index in [4.69, 9.17) is 0 Å². The van der Waals surface area contributed by atoms with Crippen LogP contribution in [-0.4, -0.2) is 61.6 Å². The Morgan fingerprint density at radius 3 is 2.33 bits per heavy atom. The van der Waals surface area contributed by atoms with Gasteiger partial charge in [0.25, 0.3) is 0 Å². The Hall–Kier alpha value is -0.0400. The van der Waals surface area contributed by atoms with Gasteiger partial charge in [-0.05, 0) is 45.1 Å². The summed E-state index contributed by atoms with van der Waals surface area (Å²) in [6.45, 7) is 10.3. The Kier molecular flexibility index (Phi) is 7.74. The van der Waals surface area contributed by atoms with Gasteiger partial charge in [0.05, 0.1) is 0 Å². The molecule has 1 N–H and O–H groups in total. The lowest BCUT2D eigenvalue weighted by molar-refractivity contribution is 0.204. The molecule has 1 saturated heterocycles. The van der Waals surface area contributed by atoms with Gasteiger partial charge in [-0.1, -0.05) is 13.8 Å². The van der Waals surface area contributed by atoms with Gasteiger partial charge in [0.1, 0.15) is 0 Å². The molecule has 3 atom stereocenters. The molecule has 0 amide bonds. The minimum absolute atomic E-state index is 0. The molecular formula is C16H33IN4. The number of guanidine groups is 1. The highest BCUT2D eigenvalue weighted by Crippen LogP contribution is 2.26. The van der Waals surface area contributed by atoms with Crippen molar-refractivity contribution in [3.8, 4) is 0 Å². The molecule has 0 radical (unpaired) electrons. The summed E-state index contributed by atoms with van der Waals surface area (Å²) in [5.74, 6) is 2.62. The fraction of sp³-hybridized carbons (Fsp3) is 0.938. The van der Waals surface area contributed by atoms with Gasteiger partial charge in [-0.15, -0.1) is 24.0 Å². The third kappa shape index (κ3) is 5.58. The van der Waals surface area contributed by atoms with Gasteiger partial charge in [-0.25, -0.2) is 0 Å². The molecule has 1 heterocycles. The lowest BCUT2D eigenvalue weighted by Gasteiger charge is -2.37. The highest BCUT2D eigenvalue weighted by Gasteiger charge is 2.29. The molecule has 0 aromatic carbocycles. The molecule has 4 nitrogen and oxygen atoms in total. The molecule has 2 fully saturated rings. The van der Waals surface area contributed by atoms with Crippen LogP contribution in [0.5, 0.6) is 0 Å². The average molecular weight is 408 g/mol. The maximum atomic E-state index is 4.49. The van der Waals surface area contributed by atoms with Crippen LogP contribution in [-0.2, 0) is 0 Å². The van der Waals surface area contributed by atoms with Gasteiger partial charge in [-0.3, -0.25) is 9.89 Å². The molecule has 1 aliphatic heterocycles. The summed E-state index contributed by atoms with van der Waals surface area (Å²) in [4.78, 5) is 9.42. The number of hydrogen-bond acceptors (Lipinski definition) is 2. The predicted octanol–water partition coefficient (Wildman–Crippen LogP) is 2.64. The van der Waals surface area contributed by atoms with Crippen molar-refractivity contribution in [3.05, 3.63) is 0 Å². The smallest absolute Gasteiger partial charge is 0.193 e. The van der Waals surface area contributed by atoms with E-state index in [-0.39, 0.29) is 24.0 Å². The first-order valence-corrected chi connectivity index (χ1v) is 8.18. The van der Waals surface area contributed by atoms with Crippen LogP contribution in [0.3, 0.4) is 0 Å². The molecule has 2 aliphatic rings. The lowest BCUT2D eigenvalue weighted by Crippen LogP contribution is -2.51. The molecule has 0 spiro atoms. The Balaban J connectivity index is 0.00000220. The third-order valence-corrected chi connectivity index (χ3v) is 4.75. The number of hydrogen-bond donors (Lipinski definition) is 1. The molecule has 5 heteroatoms. The first kappa shape index (κ1) is 19.0. The van der Waals surface area contributed by atoms with E-state index >= 15 is 0 Å². The van der Waals surface area contributed by atoms with Crippen molar-refractivity contribution >= 4 is 29.9 Å². The largest absolute Gasteiger partial charge is 0.355 e. The van der Waals surface area contributed by atoms with E-state index in [9.17, 15) is 0 Å². The second-order valence-corrected chi connectivity index (χ2v) is 7.02. The van der Waals surface area contributed by atoms with Crippen molar-refractivity contribution in [2.45, 2.75) is 52.1 Å². The maximum Gasteiger partial charge on any atom is 0.193 e. The molecular weight excluding hydrogens is 375 g/mol. The van der Waals surface area contributed by atoms with Crippen molar-refractivity contribution < 1.29 is 0 Å². The van der Waals surface area contributed by atoms with E-state index in [2.05, 4.69) is 47.9 Å². The number of halogens is 1. The number of likely N-dealkylation sites (N-methyl/N-ethyl adjacent to an activating group) is 1. The van der Waals surface area contributed by atoms with Crippen molar-refractivity contribution in [1.82, 2.24) is 15.1 Å². The number of piperidine rings is 1. The van der Waals surface area contributed by atoms with Crippen molar-refractivity contribution in [3.63, 3.8) is 0 Å². The first-order chi connectivity index (χ1) is 9.51. The molecule has 1 aliphatic carbocycles. The second-order valence-electron chi connectivity index (χ2n) is 7.02. The zero-order valence-electron chi connectivity index (χ0n) is 14.3. The predicted molar refractivity (Wildman–Crippen MR) is 102 cm³/mol. The standard InChI is InChI=1S/C16H32N4.HI/c1-12-8-13(2)11-20(10-12)16(17-4)18-9-14(3)19(5)15-6-7-15;/h12-15H,6-11H2,1-5H3,(H,17,18);1H. The lowest BCUT2D eigenvalue weighted by atomic mass is 9.92. The fourth-order valence-corrected chi connectivity index (χ4v) is 3.39. The van der Waals surface area contributed by atoms with Crippen LogP contribution in [0.1, 0.15) is 40.0 Å². The summed E-state index contributed by atoms with van der Waals surface area (Å²) < 4.78 is 0. The monoisotopic (exact) mass is 408 g/mol. The van der Waals surface area contributed by atoms with E-state index in [0.29, 0.717) is 6.04 Å². The molecule has 0 bridgehead atoms. The Labute approximate surface area is 147 Å². The van der Waals surface area contributed by atoms with E-state index in [1.54, 1.807) is 0 Å². The molecule has 124 valence electrons. The molecule has 2 rings (SSSR count). The minimum Gasteiger partial charge on any atom is -0.355 e.